The maximum Gasteiger partial charge on any atom is 0.246 e. The molecule has 3 atom stereocenters. The van der Waals surface area contributed by atoms with E-state index in [9.17, 15) is 13.5 Å². The summed E-state index contributed by atoms with van der Waals surface area (Å²) in [5.41, 5.74) is 4.60. The fourth-order valence-corrected chi connectivity index (χ4v) is 7.98. The lowest BCUT2D eigenvalue weighted by Crippen LogP contribution is -2.36. The maximum atomic E-state index is 13.4. The maximum absolute atomic E-state index is 13.4. The van der Waals surface area contributed by atoms with Gasteiger partial charge in [0.25, 0.3) is 0 Å². The summed E-state index contributed by atoms with van der Waals surface area (Å²) in [6.45, 7) is 2.53. The van der Waals surface area contributed by atoms with E-state index in [0.717, 1.165) is 36.8 Å². The van der Waals surface area contributed by atoms with Crippen molar-refractivity contribution in [1.82, 2.24) is 9.21 Å². The molecular formula is C32H38N2O5S. The Kier molecular flexibility index (Phi) is 7.15. The van der Waals surface area contributed by atoms with Crippen LogP contribution in [0, 0.1) is 11.8 Å². The van der Waals surface area contributed by atoms with Gasteiger partial charge in [0.05, 0.1) is 20.3 Å². The number of hydrogen-bond donors (Lipinski definition) is 1. The van der Waals surface area contributed by atoms with Gasteiger partial charge in [0, 0.05) is 26.2 Å². The van der Waals surface area contributed by atoms with Crippen molar-refractivity contribution in [3.63, 3.8) is 0 Å². The average Bonchev–Trinajstić information content (AvgIpc) is 3.76. The molecule has 0 aromatic heterocycles. The molecule has 2 fully saturated rings. The lowest BCUT2D eigenvalue weighted by molar-refractivity contribution is 0.0529. The number of allylic oxidation sites excluding steroid dienone is 1. The Labute approximate surface area is 237 Å². The second-order valence-electron chi connectivity index (χ2n) is 11.5. The molecule has 8 heteroatoms. The van der Waals surface area contributed by atoms with Gasteiger partial charge in [0.2, 0.25) is 10.0 Å². The topological polar surface area (TPSA) is 79.3 Å². The third kappa shape index (κ3) is 4.61. The van der Waals surface area contributed by atoms with Gasteiger partial charge < -0.3 is 14.6 Å². The molecule has 2 aliphatic carbocycles. The quantitative estimate of drug-likeness (QED) is 0.408. The van der Waals surface area contributed by atoms with Crippen LogP contribution in [0.2, 0.25) is 0 Å². The second kappa shape index (κ2) is 10.5. The van der Waals surface area contributed by atoms with Crippen LogP contribution >= 0.6 is 0 Å². The second-order valence-corrected chi connectivity index (χ2v) is 13.6. The molecule has 7 nitrogen and oxygen atoms in total. The van der Waals surface area contributed by atoms with Gasteiger partial charge in [-0.15, -0.1) is 0 Å². The van der Waals surface area contributed by atoms with E-state index >= 15 is 0 Å². The number of aliphatic hydroxyl groups excluding tert-OH is 1. The van der Waals surface area contributed by atoms with E-state index in [1.165, 1.54) is 62.2 Å². The minimum atomic E-state index is -3.90. The highest BCUT2D eigenvalue weighted by Gasteiger charge is 2.42. The van der Waals surface area contributed by atoms with Crippen LogP contribution < -0.4 is 9.47 Å². The van der Waals surface area contributed by atoms with Crippen LogP contribution in [0.5, 0.6) is 11.5 Å². The molecular weight excluding hydrogens is 524 g/mol. The Morgan fingerprint density at radius 3 is 2.45 bits per heavy atom. The lowest BCUT2D eigenvalue weighted by Gasteiger charge is -2.36. The first-order valence-corrected chi connectivity index (χ1v) is 15.5. The largest absolute Gasteiger partial charge is 0.496 e. The first-order valence-electron chi connectivity index (χ1n) is 14.0. The number of likely N-dealkylation sites (tertiary alicyclic amines) is 1. The molecule has 3 aliphatic rings. The van der Waals surface area contributed by atoms with Crippen molar-refractivity contribution in [2.75, 3.05) is 41.4 Å². The van der Waals surface area contributed by atoms with Gasteiger partial charge in [-0.2, -0.15) is 0 Å². The van der Waals surface area contributed by atoms with E-state index in [4.69, 9.17) is 9.47 Å². The summed E-state index contributed by atoms with van der Waals surface area (Å²) in [5.74, 6) is 1.76. The molecule has 3 aromatic carbocycles. The minimum Gasteiger partial charge on any atom is -0.496 e. The van der Waals surface area contributed by atoms with Crippen molar-refractivity contribution in [3.05, 3.63) is 70.8 Å². The summed E-state index contributed by atoms with van der Waals surface area (Å²) in [6, 6.07) is 14.3. The number of sulfonamides is 1. The van der Waals surface area contributed by atoms with Crippen molar-refractivity contribution in [3.8, 4) is 11.5 Å². The monoisotopic (exact) mass is 562 g/mol. The van der Waals surface area contributed by atoms with Gasteiger partial charge in [0.1, 0.15) is 16.4 Å². The van der Waals surface area contributed by atoms with E-state index in [1.807, 2.05) is 0 Å². The molecule has 1 heterocycles. The zero-order valence-corrected chi connectivity index (χ0v) is 24.4. The molecule has 1 saturated carbocycles. The summed E-state index contributed by atoms with van der Waals surface area (Å²) in [5, 5.41) is 14.3. The molecule has 3 aromatic rings. The Morgan fingerprint density at radius 2 is 1.75 bits per heavy atom. The van der Waals surface area contributed by atoms with Crippen LogP contribution in [0.15, 0.2) is 53.4 Å². The van der Waals surface area contributed by atoms with Crippen molar-refractivity contribution in [1.29, 1.82) is 0 Å². The number of fused-ring (bicyclic) bond motifs is 4. The first-order chi connectivity index (χ1) is 19.2. The Hall–Kier alpha value is -2.91. The molecule has 3 unspecified atom stereocenters. The van der Waals surface area contributed by atoms with E-state index in [0.29, 0.717) is 17.6 Å². The third-order valence-corrected chi connectivity index (χ3v) is 10.9. The van der Waals surface area contributed by atoms with Crippen molar-refractivity contribution >= 4 is 26.9 Å². The Morgan fingerprint density at radius 1 is 1.05 bits per heavy atom. The van der Waals surface area contributed by atoms with E-state index < -0.39 is 16.1 Å². The molecule has 0 radical (unpaired) electrons. The molecule has 0 bridgehead atoms. The molecule has 6 rings (SSSR count). The standard InChI is InChI=1S/C32H38N2O5S/c1-33(2)40(36,37)32-28(39-4)12-11-27(38-3)30(32)31(35)20-13-15-34(16-14-20)19-26-24-8-6-5-7-21(24)17-23-10-9-22-18-25(22)29(23)26/h5-12,17,20,22,25,31,35H,13-16,18-19H2,1-4H3. The zero-order valence-electron chi connectivity index (χ0n) is 23.6. The predicted molar refractivity (Wildman–Crippen MR) is 157 cm³/mol. The highest BCUT2D eigenvalue weighted by molar-refractivity contribution is 7.89. The van der Waals surface area contributed by atoms with E-state index in [-0.39, 0.29) is 22.1 Å². The Bertz CT molecular complexity index is 1570. The third-order valence-electron chi connectivity index (χ3n) is 9.02. The number of nitrogens with zero attached hydrogens (tertiary/aromatic N) is 2. The summed E-state index contributed by atoms with van der Waals surface area (Å²) in [6.07, 6.45) is 6.42. The number of aliphatic hydroxyl groups is 1. The predicted octanol–water partition coefficient (Wildman–Crippen LogP) is 5.18. The number of benzene rings is 3. The molecule has 1 N–H and O–H groups in total. The number of piperidine rings is 1. The Balaban J connectivity index is 1.27. The highest BCUT2D eigenvalue weighted by Crippen LogP contribution is 2.55. The highest BCUT2D eigenvalue weighted by atomic mass is 32.2. The van der Waals surface area contributed by atoms with Gasteiger partial charge in [-0.3, -0.25) is 4.90 Å². The van der Waals surface area contributed by atoms with Gasteiger partial charge in [-0.05, 0) is 95.8 Å². The van der Waals surface area contributed by atoms with Crippen LogP contribution in [0.4, 0.5) is 0 Å². The van der Waals surface area contributed by atoms with Crippen LogP contribution in [0.3, 0.4) is 0 Å². The van der Waals surface area contributed by atoms with Crippen LogP contribution in [0.1, 0.15) is 53.5 Å². The number of methoxy groups -OCH3 is 2. The van der Waals surface area contributed by atoms with Crippen LogP contribution in [0.25, 0.3) is 16.8 Å². The number of rotatable bonds is 8. The average molecular weight is 563 g/mol. The molecule has 0 amide bonds. The summed E-state index contributed by atoms with van der Waals surface area (Å²) in [4.78, 5) is 2.46. The van der Waals surface area contributed by atoms with Crippen molar-refractivity contribution in [2.45, 2.75) is 42.7 Å². The molecule has 1 aliphatic heterocycles. The smallest absolute Gasteiger partial charge is 0.246 e. The summed E-state index contributed by atoms with van der Waals surface area (Å²) in [7, 11) is 2.00. The summed E-state index contributed by atoms with van der Waals surface area (Å²) < 4.78 is 38.9. The first kappa shape index (κ1) is 27.3. The van der Waals surface area contributed by atoms with Gasteiger partial charge in [0.15, 0.2) is 0 Å². The lowest BCUT2D eigenvalue weighted by atomic mass is 9.85. The van der Waals surface area contributed by atoms with Crippen molar-refractivity contribution < 1.29 is 23.0 Å². The number of ether oxygens (including phenoxy) is 2. The molecule has 212 valence electrons. The van der Waals surface area contributed by atoms with Gasteiger partial charge in [-0.1, -0.05) is 36.4 Å². The van der Waals surface area contributed by atoms with E-state index in [2.05, 4.69) is 47.4 Å². The molecule has 1 saturated heterocycles. The van der Waals surface area contributed by atoms with Gasteiger partial charge in [-0.25, -0.2) is 12.7 Å². The molecule has 0 spiro atoms. The normalized spacial score (nSPS) is 21.8. The fraction of sp³-hybridized carbons (Fsp3) is 0.438. The zero-order chi connectivity index (χ0) is 28.2. The SMILES string of the molecule is COc1ccc(OC)c(S(=O)(=O)N(C)C)c1C(O)C1CCN(Cc2c3c(cc4ccccc24)C=CC2CC32)CC1. The minimum absolute atomic E-state index is 0.0243. The van der Waals surface area contributed by atoms with Crippen molar-refractivity contribution in [2.24, 2.45) is 11.8 Å². The molecule has 40 heavy (non-hydrogen) atoms. The number of hydrogen-bond acceptors (Lipinski definition) is 6. The summed E-state index contributed by atoms with van der Waals surface area (Å²) >= 11 is 0. The van der Waals surface area contributed by atoms with E-state index in [1.54, 1.807) is 12.1 Å². The van der Waals surface area contributed by atoms with Gasteiger partial charge >= 0.3 is 0 Å². The van der Waals surface area contributed by atoms with Crippen LogP contribution in [-0.2, 0) is 16.6 Å². The van der Waals surface area contributed by atoms with Crippen LogP contribution in [-0.4, -0.2) is 64.1 Å². The fourth-order valence-electron chi connectivity index (χ4n) is 6.71.